The van der Waals surface area contributed by atoms with Gasteiger partial charge in [0, 0.05) is 34.8 Å². The van der Waals surface area contributed by atoms with Crippen LogP contribution in [-0.2, 0) is 11.3 Å². The number of aromatic nitrogens is 1. The van der Waals surface area contributed by atoms with E-state index in [1.165, 1.54) is 21.8 Å². The van der Waals surface area contributed by atoms with Gasteiger partial charge in [-0.25, -0.2) is 0 Å². The molecule has 3 aromatic rings. The predicted octanol–water partition coefficient (Wildman–Crippen LogP) is 4.33. The number of Topliss-reactive ketones (excluding diaryl/α,β-unsaturated/α-hetero) is 1. The van der Waals surface area contributed by atoms with Gasteiger partial charge in [0.05, 0.1) is 0 Å². The Morgan fingerprint density at radius 2 is 1.50 bits per heavy atom. The van der Waals surface area contributed by atoms with Crippen molar-refractivity contribution in [2.75, 3.05) is 0 Å². The van der Waals surface area contributed by atoms with Gasteiger partial charge in [0.25, 0.3) is 0 Å². The van der Waals surface area contributed by atoms with Crippen molar-refractivity contribution >= 4 is 27.6 Å². The average Bonchev–Trinajstić information content (AvgIpc) is 2.79. The predicted molar refractivity (Wildman–Crippen MR) is 83.9 cm³/mol. The number of rotatable bonds is 4. The zero-order valence-corrected chi connectivity index (χ0v) is 11.6. The second-order valence-corrected chi connectivity index (χ2v) is 5.14. The molecule has 0 aliphatic carbocycles. The Morgan fingerprint density at radius 3 is 2.00 bits per heavy atom. The molecule has 0 spiro atoms. The van der Waals surface area contributed by atoms with Crippen molar-refractivity contribution in [2.24, 2.45) is 0 Å². The van der Waals surface area contributed by atoms with Crippen LogP contribution in [0.1, 0.15) is 13.3 Å². The number of benzene rings is 2. The van der Waals surface area contributed by atoms with E-state index < -0.39 is 0 Å². The van der Waals surface area contributed by atoms with Crippen LogP contribution in [0, 0.1) is 0 Å². The summed E-state index contributed by atoms with van der Waals surface area (Å²) < 4.78 is 2.23. The molecule has 20 heavy (non-hydrogen) atoms. The molecule has 0 saturated carbocycles. The summed E-state index contributed by atoms with van der Waals surface area (Å²) in [5.41, 5.74) is 3.00. The third-order valence-corrected chi connectivity index (χ3v) is 3.72. The minimum atomic E-state index is 0.131. The number of carbonyl (C=O) groups excluding carboxylic acids is 1. The summed E-state index contributed by atoms with van der Waals surface area (Å²) in [6.45, 7) is 6.19. The number of allylic oxidation sites excluding steroid dienone is 1. The van der Waals surface area contributed by atoms with Crippen molar-refractivity contribution in [3.63, 3.8) is 0 Å². The van der Waals surface area contributed by atoms with Crippen molar-refractivity contribution in [3.8, 4) is 0 Å². The van der Waals surface area contributed by atoms with Gasteiger partial charge in [-0.05, 0) is 24.6 Å². The van der Waals surface area contributed by atoms with Crippen molar-refractivity contribution < 1.29 is 4.79 Å². The number of fused-ring (bicyclic) bond motifs is 3. The van der Waals surface area contributed by atoms with Gasteiger partial charge in [-0.15, -0.1) is 0 Å². The second kappa shape index (κ2) is 4.97. The number of carbonyl (C=O) groups is 1. The Labute approximate surface area is 118 Å². The van der Waals surface area contributed by atoms with Crippen LogP contribution in [0.15, 0.2) is 60.7 Å². The van der Waals surface area contributed by atoms with Crippen molar-refractivity contribution in [1.29, 1.82) is 0 Å². The van der Waals surface area contributed by atoms with Gasteiger partial charge in [-0.3, -0.25) is 4.79 Å². The van der Waals surface area contributed by atoms with Crippen molar-refractivity contribution in [2.45, 2.75) is 19.9 Å². The number of ketones is 1. The Kier molecular flexibility index (Phi) is 3.15. The molecular formula is C18H17NO. The zero-order valence-electron chi connectivity index (χ0n) is 11.6. The summed E-state index contributed by atoms with van der Waals surface area (Å²) in [5, 5.41) is 2.48. The highest BCUT2D eigenvalue weighted by Crippen LogP contribution is 2.28. The molecule has 1 aromatic heterocycles. The fraction of sp³-hybridized carbons (Fsp3) is 0.167. The van der Waals surface area contributed by atoms with Crippen LogP contribution < -0.4 is 0 Å². The molecule has 0 unspecified atom stereocenters. The lowest BCUT2D eigenvalue weighted by molar-refractivity contribution is -0.115. The molecule has 1 heterocycles. The lowest BCUT2D eigenvalue weighted by Crippen LogP contribution is -2.05. The smallest absolute Gasteiger partial charge is 0.159 e. The van der Waals surface area contributed by atoms with Crippen LogP contribution in [0.5, 0.6) is 0 Å². The molecule has 0 fully saturated rings. The first-order valence-corrected chi connectivity index (χ1v) is 6.83. The van der Waals surface area contributed by atoms with E-state index in [1.54, 1.807) is 6.92 Å². The molecule has 0 radical (unpaired) electrons. The molecule has 0 saturated heterocycles. The maximum Gasteiger partial charge on any atom is 0.159 e. The van der Waals surface area contributed by atoms with Gasteiger partial charge >= 0.3 is 0 Å². The third kappa shape index (κ3) is 2.03. The van der Waals surface area contributed by atoms with Gasteiger partial charge in [0.2, 0.25) is 0 Å². The molecule has 0 amide bonds. The van der Waals surface area contributed by atoms with Gasteiger partial charge in [0.15, 0.2) is 5.78 Å². The van der Waals surface area contributed by atoms with Crippen LogP contribution in [0.3, 0.4) is 0 Å². The number of nitrogens with zero attached hydrogens (tertiary/aromatic N) is 1. The number of para-hydroxylation sites is 2. The highest BCUT2D eigenvalue weighted by atomic mass is 16.1. The maximum absolute atomic E-state index is 11.8. The number of hydrogen-bond donors (Lipinski definition) is 0. The van der Waals surface area contributed by atoms with Gasteiger partial charge in [-0.1, -0.05) is 43.0 Å². The molecule has 2 nitrogen and oxygen atoms in total. The summed E-state index contributed by atoms with van der Waals surface area (Å²) >= 11 is 0. The molecule has 0 N–H and O–H groups in total. The van der Waals surface area contributed by atoms with Gasteiger partial charge in [-0.2, -0.15) is 0 Å². The summed E-state index contributed by atoms with van der Waals surface area (Å²) in [7, 11) is 0. The third-order valence-electron chi connectivity index (χ3n) is 3.72. The van der Waals surface area contributed by atoms with Crippen LogP contribution in [0.25, 0.3) is 21.8 Å². The van der Waals surface area contributed by atoms with E-state index in [2.05, 4.69) is 47.5 Å². The molecule has 2 aromatic carbocycles. The highest BCUT2D eigenvalue weighted by molar-refractivity contribution is 6.08. The van der Waals surface area contributed by atoms with E-state index in [9.17, 15) is 4.79 Å². The van der Waals surface area contributed by atoms with Gasteiger partial charge < -0.3 is 4.57 Å². The molecule has 3 rings (SSSR count). The van der Waals surface area contributed by atoms with E-state index in [1.807, 2.05) is 12.1 Å². The molecular weight excluding hydrogens is 246 g/mol. The van der Waals surface area contributed by atoms with E-state index in [4.69, 9.17) is 0 Å². The molecule has 0 aliphatic heterocycles. The Hall–Kier alpha value is -2.35. The summed E-state index contributed by atoms with van der Waals surface area (Å²) in [5.74, 6) is 0.131. The van der Waals surface area contributed by atoms with Crippen LogP contribution >= 0.6 is 0 Å². The molecule has 0 aliphatic rings. The Morgan fingerprint density at radius 1 is 1.00 bits per heavy atom. The van der Waals surface area contributed by atoms with E-state index in [0.717, 1.165) is 0 Å². The Bertz CT molecular complexity index is 757. The largest absolute Gasteiger partial charge is 0.340 e. The minimum absolute atomic E-state index is 0.131. The van der Waals surface area contributed by atoms with Gasteiger partial charge in [0.1, 0.15) is 0 Å². The number of aryl methyl sites for hydroxylation is 1. The fourth-order valence-electron chi connectivity index (χ4n) is 2.67. The number of hydrogen-bond acceptors (Lipinski definition) is 1. The van der Waals surface area contributed by atoms with E-state index in [0.29, 0.717) is 18.5 Å². The van der Waals surface area contributed by atoms with Crippen LogP contribution in [0.2, 0.25) is 0 Å². The second-order valence-electron chi connectivity index (χ2n) is 5.14. The lowest BCUT2D eigenvalue weighted by atomic mass is 10.1. The quantitative estimate of drug-likeness (QED) is 0.642. The SMILES string of the molecule is C=C(C)C(=O)CCn1c2ccccc2c2ccccc21. The van der Waals surface area contributed by atoms with Crippen LogP contribution in [0.4, 0.5) is 0 Å². The maximum atomic E-state index is 11.8. The lowest BCUT2D eigenvalue weighted by Gasteiger charge is -2.06. The summed E-state index contributed by atoms with van der Waals surface area (Å²) in [6, 6.07) is 16.7. The first kappa shape index (κ1) is 12.7. The molecule has 0 atom stereocenters. The standard InChI is InChI=1S/C18H17NO/c1-13(2)18(20)11-12-19-16-9-5-3-7-14(16)15-8-4-6-10-17(15)19/h3-10H,1,11-12H2,2H3. The fourth-order valence-corrected chi connectivity index (χ4v) is 2.67. The molecule has 100 valence electrons. The topological polar surface area (TPSA) is 22.0 Å². The molecule has 2 heteroatoms. The zero-order chi connectivity index (χ0) is 14.1. The Balaban J connectivity index is 2.12. The average molecular weight is 263 g/mol. The first-order chi connectivity index (χ1) is 9.68. The molecule has 0 bridgehead atoms. The van der Waals surface area contributed by atoms with Crippen LogP contribution in [-0.4, -0.2) is 10.4 Å². The first-order valence-electron chi connectivity index (χ1n) is 6.83. The van der Waals surface area contributed by atoms with Crippen molar-refractivity contribution in [1.82, 2.24) is 4.57 Å². The normalized spacial score (nSPS) is 11.1. The van der Waals surface area contributed by atoms with Crippen molar-refractivity contribution in [3.05, 3.63) is 60.7 Å². The minimum Gasteiger partial charge on any atom is -0.340 e. The van der Waals surface area contributed by atoms with E-state index in [-0.39, 0.29) is 5.78 Å². The summed E-state index contributed by atoms with van der Waals surface area (Å²) in [6.07, 6.45) is 0.498. The highest BCUT2D eigenvalue weighted by Gasteiger charge is 2.10. The van der Waals surface area contributed by atoms with E-state index >= 15 is 0 Å². The monoisotopic (exact) mass is 263 g/mol. The summed E-state index contributed by atoms with van der Waals surface area (Å²) in [4.78, 5) is 11.8.